The third-order valence-electron chi connectivity index (χ3n) is 4.52. The first-order valence-electron chi connectivity index (χ1n) is 9.13. The molecule has 0 atom stereocenters. The molecule has 144 valence electrons. The van der Waals surface area contributed by atoms with Crippen molar-refractivity contribution < 1.29 is 14.3 Å². The first-order valence-corrected chi connectivity index (χ1v) is 10.0. The van der Waals surface area contributed by atoms with Gasteiger partial charge in [0.05, 0.1) is 13.7 Å². The van der Waals surface area contributed by atoms with Gasteiger partial charge in [-0.15, -0.1) is 11.3 Å². The number of anilines is 1. The van der Waals surface area contributed by atoms with E-state index in [0.717, 1.165) is 21.9 Å². The average molecular weight is 394 g/mol. The van der Waals surface area contributed by atoms with Gasteiger partial charge in [0, 0.05) is 29.0 Å². The van der Waals surface area contributed by atoms with Crippen molar-refractivity contribution in [1.29, 1.82) is 0 Å². The Morgan fingerprint density at radius 1 is 0.964 bits per heavy atom. The molecule has 3 aromatic rings. The van der Waals surface area contributed by atoms with E-state index >= 15 is 0 Å². The Bertz CT molecular complexity index is 915. The number of hydrogen-bond acceptors (Lipinski definition) is 4. The fourth-order valence-corrected chi connectivity index (χ4v) is 3.58. The lowest BCUT2D eigenvalue weighted by molar-refractivity contribution is -0.118. The van der Waals surface area contributed by atoms with Crippen LogP contribution in [0.1, 0.15) is 33.6 Å². The highest BCUT2D eigenvalue weighted by Crippen LogP contribution is 2.24. The zero-order valence-corrected chi connectivity index (χ0v) is 16.9. The largest absolute Gasteiger partial charge is 0.497 e. The molecule has 0 bridgehead atoms. The van der Waals surface area contributed by atoms with E-state index in [4.69, 9.17) is 4.74 Å². The van der Waals surface area contributed by atoms with Gasteiger partial charge in [0.2, 0.25) is 5.91 Å². The van der Waals surface area contributed by atoms with Crippen molar-refractivity contribution >= 4 is 28.7 Å². The Hall–Kier alpha value is -2.92. The van der Waals surface area contributed by atoms with Gasteiger partial charge in [-0.2, -0.15) is 0 Å². The number of aryl methyl sites for hydroxylation is 1. The highest BCUT2D eigenvalue weighted by molar-refractivity contribution is 7.09. The van der Waals surface area contributed by atoms with Gasteiger partial charge in [-0.1, -0.05) is 35.9 Å². The van der Waals surface area contributed by atoms with E-state index in [-0.39, 0.29) is 24.5 Å². The predicted octanol–water partition coefficient (Wildman–Crippen LogP) is 5.26. The van der Waals surface area contributed by atoms with E-state index in [1.165, 1.54) is 0 Å². The number of benzene rings is 2. The zero-order valence-electron chi connectivity index (χ0n) is 16.1. The van der Waals surface area contributed by atoms with Crippen LogP contribution in [-0.4, -0.2) is 18.8 Å². The van der Waals surface area contributed by atoms with Crippen molar-refractivity contribution in [3.8, 4) is 5.75 Å². The summed E-state index contributed by atoms with van der Waals surface area (Å²) in [6.07, 6.45) is 0.364. The number of nitrogens with zero attached hydrogens (tertiary/aromatic N) is 1. The van der Waals surface area contributed by atoms with E-state index in [9.17, 15) is 9.59 Å². The molecule has 0 saturated heterocycles. The molecular formula is C23H23NO3S. The number of amides is 1. The molecule has 0 aliphatic heterocycles. The number of carbonyl (C=O) groups excluding carboxylic acids is 2. The first-order chi connectivity index (χ1) is 13.6. The van der Waals surface area contributed by atoms with Crippen LogP contribution in [0.15, 0.2) is 66.0 Å². The summed E-state index contributed by atoms with van der Waals surface area (Å²) in [5.41, 5.74) is 2.55. The van der Waals surface area contributed by atoms with Crippen LogP contribution < -0.4 is 9.64 Å². The topological polar surface area (TPSA) is 46.6 Å². The molecule has 1 amide bonds. The van der Waals surface area contributed by atoms with E-state index in [2.05, 4.69) is 0 Å². The second-order valence-electron chi connectivity index (χ2n) is 6.55. The Morgan fingerprint density at radius 3 is 2.29 bits per heavy atom. The number of methoxy groups -OCH3 is 1. The molecule has 0 fully saturated rings. The summed E-state index contributed by atoms with van der Waals surface area (Å²) in [7, 11) is 1.61. The number of carbonyl (C=O) groups is 2. The maximum atomic E-state index is 13.0. The van der Waals surface area contributed by atoms with E-state index < -0.39 is 0 Å². The third kappa shape index (κ3) is 5.08. The van der Waals surface area contributed by atoms with Crippen LogP contribution in [0.5, 0.6) is 5.75 Å². The van der Waals surface area contributed by atoms with Gasteiger partial charge in [0.15, 0.2) is 5.78 Å². The standard InChI is InChI=1S/C23H23NO3S/c1-17-5-7-18(8-6-17)22(25)13-14-23(26)24(16-21-4-3-15-28-21)19-9-11-20(27-2)12-10-19/h3-12,15H,13-14,16H2,1-2H3. The smallest absolute Gasteiger partial charge is 0.227 e. The lowest BCUT2D eigenvalue weighted by atomic mass is 10.0. The van der Waals surface area contributed by atoms with Gasteiger partial charge in [-0.05, 0) is 42.6 Å². The van der Waals surface area contributed by atoms with Gasteiger partial charge < -0.3 is 9.64 Å². The van der Waals surface area contributed by atoms with Crippen LogP contribution in [0.3, 0.4) is 0 Å². The highest BCUT2D eigenvalue weighted by atomic mass is 32.1. The number of Topliss-reactive ketones (excluding diaryl/α,β-unsaturated/α-hetero) is 1. The molecule has 0 saturated carbocycles. The molecule has 0 N–H and O–H groups in total. The Morgan fingerprint density at radius 2 is 1.68 bits per heavy atom. The number of ketones is 1. The molecule has 0 radical (unpaired) electrons. The fraction of sp³-hybridized carbons (Fsp3) is 0.217. The van der Waals surface area contributed by atoms with Crippen molar-refractivity contribution in [2.45, 2.75) is 26.3 Å². The SMILES string of the molecule is COc1ccc(N(Cc2cccs2)C(=O)CCC(=O)c2ccc(C)cc2)cc1. The minimum Gasteiger partial charge on any atom is -0.497 e. The van der Waals surface area contributed by atoms with Crippen molar-refractivity contribution in [3.63, 3.8) is 0 Å². The van der Waals surface area contributed by atoms with Gasteiger partial charge in [-0.3, -0.25) is 9.59 Å². The second-order valence-corrected chi connectivity index (χ2v) is 7.58. The molecule has 1 aromatic heterocycles. The number of thiophene rings is 1. The zero-order chi connectivity index (χ0) is 19.9. The van der Waals surface area contributed by atoms with Gasteiger partial charge in [-0.25, -0.2) is 0 Å². The minimum atomic E-state index is -0.0703. The normalized spacial score (nSPS) is 10.5. The molecule has 0 unspecified atom stereocenters. The quantitative estimate of drug-likeness (QED) is 0.490. The van der Waals surface area contributed by atoms with Crippen molar-refractivity contribution in [3.05, 3.63) is 82.0 Å². The maximum absolute atomic E-state index is 13.0. The van der Waals surface area contributed by atoms with Crippen molar-refractivity contribution in [1.82, 2.24) is 0 Å². The minimum absolute atomic E-state index is 0.0147. The summed E-state index contributed by atoms with van der Waals surface area (Å²) in [6, 6.07) is 18.8. The molecule has 28 heavy (non-hydrogen) atoms. The lowest BCUT2D eigenvalue weighted by Crippen LogP contribution is -2.30. The second kappa shape index (κ2) is 9.33. The van der Waals surface area contributed by atoms with Gasteiger partial charge in [0.1, 0.15) is 5.75 Å². The predicted molar refractivity (Wildman–Crippen MR) is 113 cm³/mol. The van der Waals surface area contributed by atoms with Gasteiger partial charge in [0.25, 0.3) is 0 Å². The summed E-state index contributed by atoms with van der Waals surface area (Å²) in [6.45, 7) is 2.47. The number of rotatable bonds is 8. The van der Waals surface area contributed by atoms with Crippen LogP contribution in [0.4, 0.5) is 5.69 Å². The third-order valence-corrected chi connectivity index (χ3v) is 5.38. The molecule has 5 heteroatoms. The molecule has 1 heterocycles. The summed E-state index contributed by atoms with van der Waals surface area (Å²) < 4.78 is 5.21. The van der Waals surface area contributed by atoms with Crippen LogP contribution in [0, 0.1) is 6.92 Å². The maximum Gasteiger partial charge on any atom is 0.227 e. The summed E-state index contributed by atoms with van der Waals surface area (Å²) in [4.78, 5) is 28.2. The van der Waals surface area contributed by atoms with E-state index in [1.54, 1.807) is 23.3 Å². The van der Waals surface area contributed by atoms with Crippen molar-refractivity contribution in [2.75, 3.05) is 12.0 Å². The Kier molecular flexibility index (Phi) is 6.61. The molecule has 0 spiro atoms. The van der Waals surface area contributed by atoms with E-state index in [1.807, 2.05) is 73.0 Å². The molecule has 3 rings (SSSR count). The highest BCUT2D eigenvalue weighted by Gasteiger charge is 2.18. The molecule has 0 aliphatic carbocycles. The van der Waals surface area contributed by atoms with E-state index in [0.29, 0.717) is 12.1 Å². The fourth-order valence-electron chi connectivity index (χ4n) is 2.88. The lowest BCUT2D eigenvalue weighted by Gasteiger charge is -2.22. The molecule has 4 nitrogen and oxygen atoms in total. The monoisotopic (exact) mass is 393 g/mol. The van der Waals surface area contributed by atoms with Crippen LogP contribution >= 0.6 is 11.3 Å². The molecule has 2 aromatic carbocycles. The summed E-state index contributed by atoms with van der Waals surface area (Å²) >= 11 is 1.61. The summed E-state index contributed by atoms with van der Waals surface area (Å²) in [5, 5.41) is 1.99. The average Bonchev–Trinajstić information content (AvgIpc) is 3.24. The Balaban J connectivity index is 1.72. The molecular weight excluding hydrogens is 370 g/mol. The Labute approximate surface area is 169 Å². The van der Waals surface area contributed by atoms with Crippen molar-refractivity contribution in [2.24, 2.45) is 0 Å². The van der Waals surface area contributed by atoms with Crippen LogP contribution in [0.2, 0.25) is 0 Å². The van der Waals surface area contributed by atoms with Gasteiger partial charge >= 0.3 is 0 Å². The number of ether oxygens (including phenoxy) is 1. The number of hydrogen-bond donors (Lipinski definition) is 0. The summed E-state index contributed by atoms with van der Waals surface area (Å²) in [5.74, 6) is 0.653. The van der Waals surface area contributed by atoms with Crippen LogP contribution in [0.25, 0.3) is 0 Å². The molecule has 0 aliphatic rings. The van der Waals surface area contributed by atoms with Crippen LogP contribution in [-0.2, 0) is 11.3 Å². The first kappa shape index (κ1) is 19.8.